The smallest absolute Gasteiger partial charge is 0.304 e. The lowest BCUT2D eigenvalue weighted by Gasteiger charge is -2.45. The minimum Gasteiger partial charge on any atom is -0.481 e. The maximum Gasteiger partial charge on any atom is 0.304 e. The van der Waals surface area contributed by atoms with Crippen LogP contribution in [0.4, 0.5) is 0 Å². The summed E-state index contributed by atoms with van der Waals surface area (Å²) in [4.78, 5) is 15.4. The second kappa shape index (κ2) is 4.49. The minimum absolute atomic E-state index is 0.205. The normalized spacial score (nSPS) is 30.1. The van der Waals surface area contributed by atoms with E-state index in [0.717, 1.165) is 25.7 Å². The molecule has 1 heterocycles. The van der Waals surface area contributed by atoms with Gasteiger partial charge in [-0.3, -0.25) is 9.69 Å². The molecule has 0 bridgehead atoms. The Balaban J connectivity index is 1.88. The van der Waals surface area contributed by atoms with Crippen LogP contribution in [0.25, 0.3) is 0 Å². The summed E-state index contributed by atoms with van der Waals surface area (Å²) < 4.78 is 0. The summed E-state index contributed by atoms with van der Waals surface area (Å²) in [6.45, 7) is 3.05. The summed E-state index contributed by atoms with van der Waals surface area (Å²) in [6, 6.07) is 0.951. The number of piperazine rings is 1. The van der Waals surface area contributed by atoms with Gasteiger partial charge in [0.2, 0.25) is 0 Å². The van der Waals surface area contributed by atoms with Gasteiger partial charge in [-0.2, -0.15) is 0 Å². The SMILES string of the molecule is CN1CCN(C2CCC2)CC1CC(=O)O. The molecule has 2 fully saturated rings. The van der Waals surface area contributed by atoms with Gasteiger partial charge in [-0.1, -0.05) is 6.42 Å². The van der Waals surface area contributed by atoms with Gasteiger partial charge in [0.1, 0.15) is 0 Å². The quantitative estimate of drug-likeness (QED) is 0.745. The first-order valence-electron chi connectivity index (χ1n) is 5.83. The van der Waals surface area contributed by atoms with Crippen molar-refractivity contribution in [2.45, 2.75) is 37.8 Å². The van der Waals surface area contributed by atoms with Crippen LogP contribution in [-0.4, -0.2) is 59.6 Å². The van der Waals surface area contributed by atoms with Crippen molar-refractivity contribution in [3.8, 4) is 0 Å². The van der Waals surface area contributed by atoms with Crippen molar-refractivity contribution >= 4 is 5.97 Å². The molecule has 1 aliphatic heterocycles. The zero-order valence-corrected chi connectivity index (χ0v) is 9.35. The van der Waals surface area contributed by atoms with Crippen LogP contribution in [0, 0.1) is 0 Å². The average Bonchev–Trinajstić information content (AvgIpc) is 2.07. The third-order valence-electron chi connectivity index (χ3n) is 3.81. The Hall–Kier alpha value is -0.610. The van der Waals surface area contributed by atoms with E-state index in [-0.39, 0.29) is 12.5 Å². The van der Waals surface area contributed by atoms with E-state index in [1.165, 1.54) is 19.3 Å². The van der Waals surface area contributed by atoms with E-state index in [4.69, 9.17) is 5.11 Å². The van der Waals surface area contributed by atoms with Gasteiger partial charge in [0, 0.05) is 31.7 Å². The van der Waals surface area contributed by atoms with Gasteiger partial charge in [-0.15, -0.1) is 0 Å². The highest BCUT2D eigenvalue weighted by Gasteiger charge is 2.32. The molecule has 2 rings (SSSR count). The maximum atomic E-state index is 10.7. The highest BCUT2D eigenvalue weighted by atomic mass is 16.4. The number of carboxylic acid groups (broad SMARTS) is 1. The van der Waals surface area contributed by atoms with Crippen molar-refractivity contribution < 1.29 is 9.90 Å². The molecular weight excluding hydrogens is 192 g/mol. The molecule has 0 amide bonds. The molecule has 4 nitrogen and oxygen atoms in total. The Kier molecular flexibility index (Phi) is 3.26. The minimum atomic E-state index is -0.678. The monoisotopic (exact) mass is 212 g/mol. The number of carbonyl (C=O) groups is 1. The van der Waals surface area contributed by atoms with E-state index in [0.29, 0.717) is 0 Å². The predicted molar refractivity (Wildman–Crippen MR) is 57.9 cm³/mol. The van der Waals surface area contributed by atoms with Crippen LogP contribution in [0.5, 0.6) is 0 Å². The van der Waals surface area contributed by atoms with Gasteiger partial charge in [0.25, 0.3) is 0 Å². The van der Waals surface area contributed by atoms with Gasteiger partial charge in [0.05, 0.1) is 6.42 Å². The number of rotatable bonds is 3. The highest BCUT2D eigenvalue weighted by Crippen LogP contribution is 2.27. The van der Waals surface area contributed by atoms with Gasteiger partial charge in [0.15, 0.2) is 0 Å². The van der Waals surface area contributed by atoms with Crippen molar-refractivity contribution in [1.82, 2.24) is 9.80 Å². The fourth-order valence-corrected chi connectivity index (χ4v) is 2.48. The summed E-state index contributed by atoms with van der Waals surface area (Å²) in [6.07, 6.45) is 4.24. The Bertz CT molecular complexity index is 241. The molecule has 0 radical (unpaired) electrons. The predicted octanol–water partition coefficient (Wildman–Crippen LogP) is 0.630. The molecule has 4 heteroatoms. The standard InChI is InChI=1S/C11H20N2O2/c1-12-5-6-13(9-3-2-4-9)8-10(12)7-11(14)15/h9-10H,2-8H2,1H3,(H,14,15). The van der Waals surface area contributed by atoms with Crippen molar-refractivity contribution in [3.63, 3.8) is 0 Å². The lowest BCUT2D eigenvalue weighted by Crippen LogP contribution is -2.56. The van der Waals surface area contributed by atoms with Crippen LogP contribution in [0.2, 0.25) is 0 Å². The molecule has 86 valence electrons. The third-order valence-corrected chi connectivity index (χ3v) is 3.81. The molecule has 1 N–H and O–H groups in total. The molecule has 0 aromatic rings. The fraction of sp³-hybridized carbons (Fsp3) is 0.909. The molecule has 0 spiro atoms. The van der Waals surface area contributed by atoms with Gasteiger partial charge >= 0.3 is 5.97 Å². The lowest BCUT2D eigenvalue weighted by atomic mass is 9.90. The number of hydrogen-bond donors (Lipinski definition) is 1. The van der Waals surface area contributed by atoms with Crippen LogP contribution in [0.1, 0.15) is 25.7 Å². The molecule has 1 unspecified atom stereocenters. The largest absolute Gasteiger partial charge is 0.481 e. The molecule has 2 aliphatic rings. The van der Waals surface area contributed by atoms with E-state index < -0.39 is 5.97 Å². The molecule has 0 aromatic carbocycles. The first-order valence-corrected chi connectivity index (χ1v) is 5.83. The molecular formula is C11H20N2O2. The first kappa shape index (κ1) is 10.9. The Morgan fingerprint density at radius 1 is 1.40 bits per heavy atom. The van der Waals surface area contributed by atoms with Crippen molar-refractivity contribution in [2.75, 3.05) is 26.7 Å². The van der Waals surface area contributed by atoms with Crippen molar-refractivity contribution in [2.24, 2.45) is 0 Å². The Labute approximate surface area is 90.9 Å². The first-order chi connectivity index (χ1) is 7.16. The summed E-state index contributed by atoms with van der Waals surface area (Å²) in [7, 11) is 2.03. The van der Waals surface area contributed by atoms with E-state index >= 15 is 0 Å². The van der Waals surface area contributed by atoms with Crippen LogP contribution in [0.15, 0.2) is 0 Å². The van der Waals surface area contributed by atoms with E-state index in [1.807, 2.05) is 7.05 Å². The average molecular weight is 212 g/mol. The molecule has 1 aliphatic carbocycles. The highest BCUT2D eigenvalue weighted by molar-refractivity contribution is 5.67. The van der Waals surface area contributed by atoms with Crippen LogP contribution in [0.3, 0.4) is 0 Å². The second-order valence-corrected chi connectivity index (χ2v) is 4.81. The van der Waals surface area contributed by atoms with Crippen LogP contribution >= 0.6 is 0 Å². The Morgan fingerprint density at radius 3 is 2.67 bits per heavy atom. The Morgan fingerprint density at radius 2 is 2.13 bits per heavy atom. The van der Waals surface area contributed by atoms with Gasteiger partial charge in [-0.25, -0.2) is 0 Å². The summed E-state index contributed by atoms with van der Waals surface area (Å²) in [5.41, 5.74) is 0. The maximum absolute atomic E-state index is 10.7. The molecule has 1 atom stereocenters. The molecule has 0 aromatic heterocycles. The molecule has 1 saturated heterocycles. The number of carboxylic acids is 1. The summed E-state index contributed by atoms with van der Waals surface area (Å²) >= 11 is 0. The van der Waals surface area contributed by atoms with Crippen LogP contribution < -0.4 is 0 Å². The lowest BCUT2D eigenvalue weighted by molar-refractivity contribution is -0.139. The fourth-order valence-electron chi connectivity index (χ4n) is 2.48. The number of hydrogen-bond acceptors (Lipinski definition) is 3. The number of nitrogens with zero attached hydrogens (tertiary/aromatic N) is 2. The van der Waals surface area contributed by atoms with Crippen LogP contribution in [-0.2, 0) is 4.79 Å². The van der Waals surface area contributed by atoms with E-state index in [2.05, 4.69) is 9.80 Å². The molecule has 15 heavy (non-hydrogen) atoms. The molecule has 1 saturated carbocycles. The number of likely N-dealkylation sites (N-methyl/N-ethyl adjacent to an activating group) is 1. The summed E-state index contributed by atoms with van der Waals surface area (Å²) in [5, 5.41) is 8.83. The van der Waals surface area contributed by atoms with Gasteiger partial charge in [-0.05, 0) is 19.9 Å². The topological polar surface area (TPSA) is 43.8 Å². The summed E-state index contributed by atoms with van der Waals surface area (Å²) in [5.74, 6) is -0.678. The van der Waals surface area contributed by atoms with Crippen molar-refractivity contribution in [1.29, 1.82) is 0 Å². The van der Waals surface area contributed by atoms with E-state index in [9.17, 15) is 4.79 Å². The third kappa shape index (κ3) is 2.49. The van der Waals surface area contributed by atoms with Gasteiger partial charge < -0.3 is 10.0 Å². The van der Waals surface area contributed by atoms with E-state index in [1.54, 1.807) is 0 Å². The number of aliphatic carboxylic acids is 1. The van der Waals surface area contributed by atoms with Crippen molar-refractivity contribution in [3.05, 3.63) is 0 Å². The zero-order chi connectivity index (χ0) is 10.8. The zero-order valence-electron chi connectivity index (χ0n) is 9.35. The second-order valence-electron chi connectivity index (χ2n) is 4.81.